The minimum atomic E-state index is -0.547. The maximum Gasteiger partial charge on any atom is 0.349 e. The molecule has 0 atom stereocenters. The normalized spacial score (nSPS) is 11.0. The van der Waals surface area contributed by atoms with Gasteiger partial charge in [0.15, 0.2) is 11.5 Å². The van der Waals surface area contributed by atoms with E-state index in [2.05, 4.69) is 0 Å². The Morgan fingerprint density at radius 3 is 2.50 bits per heavy atom. The first kappa shape index (κ1) is 14.4. The van der Waals surface area contributed by atoms with Crippen molar-refractivity contribution < 1.29 is 19.0 Å². The molecule has 0 aliphatic rings. The van der Waals surface area contributed by atoms with Gasteiger partial charge in [-0.1, -0.05) is 17.7 Å². The van der Waals surface area contributed by atoms with Crippen LogP contribution >= 0.6 is 11.6 Å². The van der Waals surface area contributed by atoms with E-state index < -0.39 is 5.97 Å². The molecule has 0 bridgehead atoms. The number of carbonyl (C=O) groups excluding carboxylic acids is 1. The Kier molecular flexibility index (Phi) is 5.52. The van der Waals surface area contributed by atoms with Crippen LogP contribution in [0.15, 0.2) is 23.2 Å². The first-order valence-corrected chi connectivity index (χ1v) is 5.76. The molecule has 0 amide bonds. The fourth-order valence-electron chi connectivity index (χ4n) is 1.35. The largest absolute Gasteiger partial charge is 0.493 e. The average Bonchev–Trinajstić information content (AvgIpc) is 2.38. The maximum absolute atomic E-state index is 11.3. The highest BCUT2D eigenvalue weighted by atomic mass is 35.5. The van der Waals surface area contributed by atoms with E-state index in [-0.39, 0.29) is 11.6 Å². The second-order valence-corrected chi connectivity index (χ2v) is 3.73. The van der Waals surface area contributed by atoms with E-state index in [1.165, 1.54) is 13.2 Å². The molecule has 0 spiro atoms. The summed E-state index contributed by atoms with van der Waals surface area (Å²) in [6.45, 7) is 2.01. The smallest absolute Gasteiger partial charge is 0.349 e. The molecule has 98 valence electrons. The second-order valence-electron chi connectivity index (χ2n) is 3.33. The van der Waals surface area contributed by atoms with Crippen LogP contribution in [0.5, 0.6) is 11.5 Å². The number of ether oxygens (including phenoxy) is 3. The van der Waals surface area contributed by atoms with Crippen molar-refractivity contribution in [2.75, 3.05) is 20.8 Å². The SMILES string of the molecule is CCOC(=O)/C(Cl)=C/c1ccc(OC)c(OC)c1. The topological polar surface area (TPSA) is 44.8 Å². The van der Waals surface area contributed by atoms with Gasteiger partial charge in [-0.05, 0) is 30.7 Å². The lowest BCUT2D eigenvalue weighted by Crippen LogP contribution is -2.03. The quantitative estimate of drug-likeness (QED) is 0.610. The van der Waals surface area contributed by atoms with E-state index in [0.29, 0.717) is 11.5 Å². The molecule has 0 N–H and O–H groups in total. The molecule has 5 heteroatoms. The predicted molar refractivity (Wildman–Crippen MR) is 70.0 cm³/mol. The van der Waals surface area contributed by atoms with Crippen molar-refractivity contribution in [1.82, 2.24) is 0 Å². The van der Waals surface area contributed by atoms with Crippen LogP contribution in [-0.4, -0.2) is 26.8 Å². The van der Waals surface area contributed by atoms with E-state index in [1.54, 1.807) is 32.2 Å². The summed E-state index contributed by atoms with van der Waals surface area (Å²) in [6, 6.07) is 5.23. The minimum Gasteiger partial charge on any atom is -0.493 e. The molecule has 0 saturated heterocycles. The molecule has 0 heterocycles. The predicted octanol–water partition coefficient (Wildman–Crippen LogP) is 2.85. The monoisotopic (exact) mass is 270 g/mol. The van der Waals surface area contributed by atoms with Crippen LogP contribution in [0.4, 0.5) is 0 Å². The summed E-state index contributed by atoms with van der Waals surface area (Å²) >= 11 is 5.83. The molecule has 0 aliphatic carbocycles. The number of hydrogen-bond acceptors (Lipinski definition) is 4. The Labute approximate surface area is 111 Å². The van der Waals surface area contributed by atoms with Crippen molar-refractivity contribution in [3.05, 3.63) is 28.8 Å². The zero-order chi connectivity index (χ0) is 13.5. The van der Waals surface area contributed by atoms with E-state index in [9.17, 15) is 4.79 Å². The fraction of sp³-hybridized carbons (Fsp3) is 0.308. The standard InChI is InChI=1S/C13H15ClO4/c1-4-18-13(15)10(14)7-9-5-6-11(16-2)12(8-9)17-3/h5-8H,4H2,1-3H3/b10-7-. The summed E-state index contributed by atoms with van der Waals surface area (Å²) in [5.74, 6) is 0.635. The average molecular weight is 271 g/mol. The minimum absolute atomic E-state index is 0.0177. The van der Waals surface area contributed by atoms with Crippen molar-refractivity contribution in [2.45, 2.75) is 6.92 Å². The Bertz CT molecular complexity index is 454. The van der Waals surface area contributed by atoms with Crippen LogP contribution in [-0.2, 0) is 9.53 Å². The third-order valence-electron chi connectivity index (χ3n) is 2.17. The van der Waals surface area contributed by atoms with Crippen molar-refractivity contribution in [1.29, 1.82) is 0 Å². The van der Waals surface area contributed by atoms with E-state index >= 15 is 0 Å². The van der Waals surface area contributed by atoms with E-state index in [1.807, 2.05) is 0 Å². The number of halogens is 1. The fourth-order valence-corrected chi connectivity index (χ4v) is 1.53. The van der Waals surface area contributed by atoms with Gasteiger partial charge in [-0.25, -0.2) is 4.79 Å². The molecule has 1 aromatic carbocycles. The van der Waals surface area contributed by atoms with Gasteiger partial charge in [0, 0.05) is 0 Å². The number of benzene rings is 1. The highest BCUT2D eigenvalue weighted by Gasteiger charge is 2.08. The van der Waals surface area contributed by atoms with Gasteiger partial charge < -0.3 is 14.2 Å². The van der Waals surface area contributed by atoms with Gasteiger partial charge in [-0.3, -0.25) is 0 Å². The van der Waals surface area contributed by atoms with Crippen LogP contribution < -0.4 is 9.47 Å². The lowest BCUT2D eigenvalue weighted by Gasteiger charge is -2.08. The van der Waals surface area contributed by atoms with Crippen LogP contribution in [0, 0.1) is 0 Å². The summed E-state index contributed by atoms with van der Waals surface area (Å²) in [5.41, 5.74) is 0.728. The highest BCUT2D eigenvalue weighted by Crippen LogP contribution is 2.28. The number of esters is 1. The maximum atomic E-state index is 11.3. The lowest BCUT2D eigenvalue weighted by atomic mass is 10.2. The zero-order valence-electron chi connectivity index (χ0n) is 10.5. The zero-order valence-corrected chi connectivity index (χ0v) is 11.3. The van der Waals surface area contributed by atoms with Crippen molar-refractivity contribution in [3.63, 3.8) is 0 Å². The molecule has 0 aromatic heterocycles. The Hall–Kier alpha value is -1.68. The van der Waals surface area contributed by atoms with Crippen molar-refractivity contribution in [2.24, 2.45) is 0 Å². The van der Waals surface area contributed by atoms with Crippen LogP contribution in [0.2, 0.25) is 0 Å². The first-order valence-electron chi connectivity index (χ1n) is 5.38. The summed E-state index contributed by atoms with van der Waals surface area (Å²) in [4.78, 5) is 11.3. The van der Waals surface area contributed by atoms with Crippen molar-refractivity contribution >= 4 is 23.6 Å². The van der Waals surface area contributed by atoms with Crippen LogP contribution in [0.3, 0.4) is 0 Å². The second kappa shape index (κ2) is 6.91. The molecular weight excluding hydrogens is 256 g/mol. The highest BCUT2D eigenvalue weighted by molar-refractivity contribution is 6.43. The van der Waals surface area contributed by atoms with Gasteiger partial charge in [0.05, 0.1) is 20.8 Å². The molecule has 0 aliphatic heterocycles. The number of carbonyl (C=O) groups is 1. The van der Waals surface area contributed by atoms with Gasteiger partial charge in [0.2, 0.25) is 0 Å². The van der Waals surface area contributed by atoms with Gasteiger partial charge >= 0.3 is 5.97 Å². The summed E-state index contributed by atoms with van der Waals surface area (Å²) in [5, 5.41) is 0.0177. The number of hydrogen-bond donors (Lipinski definition) is 0. The van der Waals surface area contributed by atoms with Crippen LogP contribution in [0.25, 0.3) is 6.08 Å². The Morgan fingerprint density at radius 2 is 1.94 bits per heavy atom. The third kappa shape index (κ3) is 3.67. The molecule has 18 heavy (non-hydrogen) atoms. The molecule has 1 aromatic rings. The summed E-state index contributed by atoms with van der Waals surface area (Å²) in [7, 11) is 3.09. The molecule has 0 unspecified atom stereocenters. The third-order valence-corrected chi connectivity index (χ3v) is 2.43. The van der Waals surface area contributed by atoms with Gasteiger partial charge in [0.25, 0.3) is 0 Å². The lowest BCUT2D eigenvalue weighted by molar-refractivity contribution is -0.137. The number of rotatable bonds is 5. The van der Waals surface area contributed by atoms with E-state index in [0.717, 1.165) is 5.56 Å². The molecular formula is C13H15ClO4. The molecule has 4 nitrogen and oxygen atoms in total. The Balaban J connectivity index is 2.97. The van der Waals surface area contributed by atoms with Gasteiger partial charge in [0.1, 0.15) is 5.03 Å². The molecule has 0 radical (unpaired) electrons. The Morgan fingerprint density at radius 1 is 1.28 bits per heavy atom. The molecule has 0 fully saturated rings. The van der Waals surface area contributed by atoms with E-state index in [4.69, 9.17) is 25.8 Å². The molecule has 1 rings (SSSR count). The summed E-state index contributed by atoms with van der Waals surface area (Å²) in [6.07, 6.45) is 1.52. The number of methoxy groups -OCH3 is 2. The molecule has 0 saturated carbocycles. The van der Waals surface area contributed by atoms with Crippen molar-refractivity contribution in [3.8, 4) is 11.5 Å². The summed E-state index contributed by atoms with van der Waals surface area (Å²) < 4.78 is 15.0. The van der Waals surface area contributed by atoms with Gasteiger partial charge in [-0.15, -0.1) is 0 Å². The van der Waals surface area contributed by atoms with Crippen LogP contribution in [0.1, 0.15) is 12.5 Å². The first-order chi connectivity index (χ1) is 8.62. The van der Waals surface area contributed by atoms with Gasteiger partial charge in [-0.2, -0.15) is 0 Å².